The fourth-order valence-corrected chi connectivity index (χ4v) is 3.60. The summed E-state index contributed by atoms with van der Waals surface area (Å²) in [5.41, 5.74) is 2.49. The van der Waals surface area contributed by atoms with Crippen molar-refractivity contribution in [1.29, 1.82) is 0 Å². The second-order valence-corrected chi connectivity index (χ2v) is 4.84. The Balaban J connectivity index is 2.85. The number of thiophene rings is 1. The smallest absolute Gasteiger partial charge is 0.0463 e. The number of benzene rings is 1. The predicted molar refractivity (Wildman–Crippen MR) is 64.2 cm³/mol. The highest BCUT2D eigenvalue weighted by molar-refractivity contribution is 9.08. The van der Waals surface area contributed by atoms with Gasteiger partial charge in [0.15, 0.2) is 0 Å². The molecule has 13 heavy (non-hydrogen) atoms. The maximum Gasteiger partial charge on any atom is 0.0463 e. The Morgan fingerprint density at radius 3 is 3.00 bits per heavy atom. The summed E-state index contributed by atoms with van der Waals surface area (Å²) in [6.07, 6.45) is 0. The van der Waals surface area contributed by atoms with Crippen LogP contribution in [0.5, 0.6) is 0 Å². The van der Waals surface area contributed by atoms with Crippen LogP contribution in [0.3, 0.4) is 0 Å². The molecule has 2 aromatic rings. The Hall–Kier alpha value is -0.0500. The molecule has 0 saturated heterocycles. The molecule has 0 radical (unpaired) electrons. The first-order valence-electron chi connectivity index (χ1n) is 3.95. The number of hydrogen-bond acceptors (Lipinski definition) is 1. The first-order chi connectivity index (χ1) is 6.24. The van der Waals surface area contributed by atoms with Crippen LogP contribution in [0.1, 0.15) is 11.1 Å². The minimum atomic E-state index is 0.823. The number of halogens is 2. The molecule has 0 bridgehead atoms. The van der Waals surface area contributed by atoms with E-state index >= 15 is 0 Å². The van der Waals surface area contributed by atoms with E-state index in [-0.39, 0.29) is 0 Å². The molecule has 1 heterocycles. The molecule has 0 saturated carbocycles. The van der Waals surface area contributed by atoms with Gasteiger partial charge in [-0.25, -0.2) is 0 Å². The van der Waals surface area contributed by atoms with Crippen LogP contribution in [0.4, 0.5) is 0 Å². The predicted octanol–water partition coefficient (Wildman–Crippen LogP) is 4.76. The standard InChI is InChI=1S/C10H8BrClS/c1-6-7-2-3-13-10(7)4-9(12)8(6)5-11/h2-4H,5H2,1H3. The van der Waals surface area contributed by atoms with Crippen LogP contribution in [-0.2, 0) is 5.33 Å². The van der Waals surface area contributed by atoms with Crippen molar-refractivity contribution in [2.45, 2.75) is 12.3 Å². The van der Waals surface area contributed by atoms with Gasteiger partial charge in [0.25, 0.3) is 0 Å². The highest BCUT2D eigenvalue weighted by atomic mass is 79.9. The summed E-state index contributed by atoms with van der Waals surface area (Å²) in [5.74, 6) is 0. The van der Waals surface area contributed by atoms with Gasteiger partial charge in [-0.3, -0.25) is 0 Å². The van der Waals surface area contributed by atoms with E-state index in [1.54, 1.807) is 11.3 Å². The van der Waals surface area contributed by atoms with Gasteiger partial charge in [-0.1, -0.05) is 27.5 Å². The molecule has 0 N–H and O–H groups in total. The van der Waals surface area contributed by atoms with Gasteiger partial charge in [-0.05, 0) is 40.9 Å². The summed E-state index contributed by atoms with van der Waals surface area (Å²) in [5, 5.41) is 5.11. The van der Waals surface area contributed by atoms with E-state index in [2.05, 4.69) is 34.3 Å². The molecular weight excluding hydrogens is 268 g/mol. The van der Waals surface area contributed by atoms with Gasteiger partial charge in [0.05, 0.1) is 0 Å². The minimum absolute atomic E-state index is 0.823. The van der Waals surface area contributed by atoms with Crippen molar-refractivity contribution in [1.82, 2.24) is 0 Å². The monoisotopic (exact) mass is 274 g/mol. The largest absolute Gasteiger partial charge is 0.144 e. The maximum atomic E-state index is 6.14. The summed E-state index contributed by atoms with van der Waals surface area (Å²) in [4.78, 5) is 0. The maximum absolute atomic E-state index is 6.14. The SMILES string of the molecule is Cc1c(CBr)c(Cl)cc2sccc12. The van der Waals surface area contributed by atoms with Crippen molar-refractivity contribution in [3.8, 4) is 0 Å². The average Bonchev–Trinajstić information content (AvgIpc) is 2.53. The first-order valence-corrected chi connectivity index (χ1v) is 6.33. The van der Waals surface area contributed by atoms with Gasteiger partial charge < -0.3 is 0 Å². The van der Waals surface area contributed by atoms with Gasteiger partial charge in [0, 0.05) is 15.1 Å². The second-order valence-electron chi connectivity index (χ2n) is 2.93. The van der Waals surface area contributed by atoms with Crippen LogP contribution in [0.2, 0.25) is 5.02 Å². The topological polar surface area (TPSA) is 0 Å². The molecule has 0 aliphatic heterocycles. The number of alkyl halides is 1. The molecule has 0 spiro atoms. The van der Waals surface area contributed by atoms with Crippen LogP contribution in [0.15, 0.2) is 17.5 Å². The third-order valence-electron chi connectivity index (χ3n) is 2.23. The van der Waals surface area contributed by atoms with Gasteiger partial charge in [0.1, 0.15) is 0 Å². The minimum Gasteiger partial charge on any atom is -0.144 e. The lowest BCUT2D eigenvalue weighted by Gasteiger charge is -2.06. The van der Waals surface area contributed by atoms with E-state index in [0.717, 1.165) is 10.4 Å². The van der Waals surface area contributed by atoms with Crippen LogP contribution in [-0.4, -0.2) is 0 Å². The lowest BCUT2D eigenvalue weighted by Crippen LogP contribution is -1.86. The Bertz CT molecular complexity index is 447. The molecule has 0 nitrogen and oxygen atoms in total. The quantitative estimate of drug-likeness (QED) is 0.658. The summed E-state index contributed by atoms with van der Waals surface area (Å²) in [7, 11) is 0. The molecule has 0 aliphatic carbocycles. The average molecular weight is 276 g/mol. The van der Waals surface area contributed by atoms with Gasteiger partial charge in [0.2, 0.25) is 0 Å². The Morgan fingerprint density at radius 1 is 1.54 bits per heavy atom. The van der Waals surface area contributed by atoms with E-state index in [1.165, 1.54) is 21.2 Å². The molecular formula is C10H8BrClS. The molecule has 0 atom stereocenters. The highest BCUT2D eigenvalue weighted by Crippen LogP contribution is 2.32. The van der Waals surface area contributed by atoms with Crippen LogP contribution in [0.25, 0.3) is 10.1 Å². The Morgan fingerprint density at radius 2 is 2.31 bits per heavy atom. The summed E-state index contributed by atoms with van der Waals surface area (Å²) >= 11 is 11.3. The lowest BCUT2D eigenvalue weighted by molar-refractivity contribution is 1.36. The molecule has 0 fully saturated rings. The summed E-state index contributed by atoms with van der Waals surface area (Å²) < 4.78 is 1.27. The number of rotatable bonds is 1. The van der Waals surface area contributed by atoms with Gasteiger partial charge in [-0.2, -0.15) is 0 Å². The first kappa shape index (κ1) is 9.50. The second kappa shape index (κ2) is 3.60. The molecule has 0 amide bonds. The van der Waals surface area contributed by atoms with Crippen LogP contribution in [0, 0.1) is 6.92 Å². The van der Waals surface area contributed by atoms with E-state index in [0.29, 0.717) is 0 Å². The van der Waals surface area contributed by atoms with Crippen molar-refractivity contribution < 1.29 is 0 Å². The zero-order valence-corrected chi connectivity index (χ0v) is 10.3. The molecule has 1 aromatic heterocycles. The molecule has 3 heteroatoms. The molecule has 0 aliphatic rings. The van der Waals surface area contributed by atoms with Gasteiger partial charge >= 0.3 is 0 Å². The fourth-order valence-electron chi connectivity index (χ4n) is 1.45. The molecule has 2 rings (SSSR count). The third kappa shape index (κ3) is 1.51. The zero-order chi connectivity index (χ0) is 9.42. The van der Waals surface area contributed by atoms with Crippen LogP contribution >= 0.6 is 38.9 Å². The van der Waals surface area contributed by atoms with E-state index in [1.807, 2.05) is 6.07 Å². The molecule has 0 unspecified atom stereocenters. The summed E-state index contributed by atoms with van der Waals surface area (Å²) in [6, 6.07) is 4.20. The van der Waals surface area contributed by atoms with Crippen LogP contribution < -0.4 is 0 Å². The Kier molecular flexibility index (Phi) is 2.63. The number of aryl methyl sites for hydroxylation is 1. The number of fused-ring (bicyclic) bond motifs is 1. The van der Waals surface area contributed by atoms with Crippen molar-refractivity contribution in [2.75, 3.05) is 0 Å². The van der Waals surface area contributed by atoms with Gasteiger partial charge in [-0.15, -0.1) is 11.3 Å². The fraction of sp³-hybridized carbons (Fsp3) is 0.200. The third-order valence-corrected chi connectivity index (χ3v) is 3.99. The molecule has 1 aromatic carbocycles. The zero-order valence-electron chi connectivity index (χ0n) is 7.10. The lowest BCUT2D eigenvalue weighted by atomic mass is 10.1. The number of hydrogen-bond donors (Lipinski definition) is 0. The van der Waals surface area contributed by atoms with E-state index < -0.39 is 0 Å². The van der Waals surface area contributed by atoms with E-state index in [4.69, 9.17) is 11.6 Å². The summed E-state index contributed by atoms with van der Waals surface area (Å²) in [6.45, 7) is 2.12. The van der Waals surface area contributed by atoms with Crippen molar-refractivity contribution in [3.63, 3.8) is 0 Å². The molecule has 68 valence electrons. The van der Waals surface area contributed by atoms with Crippen molar-refractivity contribution >= 4 is 49.0 Å². The normalized spacial score (nSPS) is 11.0. The highest BCUT2D eigenvalue weighted by Gasteiger charge is 2.08. The van der Waals surface area contributed by atoms with Crippen molar-refractivity contribution in [2.24, 2.45) is 0 Å². The Labute approximate surface area is 94.7 Å². The van der Waals surface area contributed by atoms with E-state index in [9.17, 15) is 0 Å². The van der Waals surface area contributed by atoms with Crippen molar-refractivity contribution in [3.05, 3.63) is 33.7 Å².